The Morgan fingerprint density at radius 1 is 1.34 bits per heavy atom. The Labute approximate surface area is 221 Å². The van der Waals surface area contributed by atoms with Gasteiger partial charge in [0, 0.05) is 40.1 Å². The van der Waals surface area contributed by atoms with Crippen molar-refractivity contribution in [1.29, 1.82) is 0 Å². The van der Waals surface area contributed by atoms with Crippen LogP contribution in [-0.4, -0.2) is 50.1 Å². The van der Waals surface area contributed by atoms with Crippen molar-refractivity contribution in [3.8, 4) is 0 Å². The largest absolute Gasteiger partial charge is 0.465 e. The van der Waals surface area contributed by atoms with Crippen LogP contribution in [0.1, 0.15) is 38.8 Å². The van der Waals surface area contributed by atoms with Crippen LogP contribution >= 0.6 is 34.2 Å². The van der Waals surface area contributed by atoms with E-state index in [1.54, 1.807) is 6.33 Å². The number of fused-ring (bicyclic) bond motifs is 4. The first-order chi connectivity index (χ1) is 16.7. The summed E-state index contributed by atoms with van der Waals surface area (Å²) in [5, 5.41) is 4.06. The van der Waals surface area contributed by atoms with Crippen LogP contribution in [0, 0.1) is 15.2 Å². The molecule has 1 aromatic carbocycles. The molecule has 1 saturated heterocycles. The van der Waals surface area contributed by atoms with E-state index in [2.05, 4.69) is 37.9 Å². The lowest BCUT2D eigenvalue weighted by Gasteiger charge is -2.24. The number of nitrogens with zero attached hydrogens (tertiary/aromatic N) is 4. The minimum absolute atomic E-state index is 0.0283. The molecule has 35 heavy (non-hydrogen) atoms. The molecule has 11 heteroatoms. The van der Waals surface area contributed by atoms with Crippen LogP contribution in [0.3, 0.4) is 0 Å². The standard InChI is InChI=1S/C24H25ClIN5O4/c1-4-33-21(32)24-9-14(24)16(17-18(24)35-23(2,3)34-17)31-11-28-15-19(29-22(26)30-20(15)31)27-10-12-6-5-7-13(25)8-12/h5-8,11,14,16-18H,4,9-10H2,1-3H3,(H,27,29,30)/t14-,16-,17+,18+,24+/m0/s1. The summed E-state index contributed by atoms with van der Waals surface area (Å²) in [5.41, 5.74) is 1.70. The van der Waals surface area contributed by atoms with Crippen LogP contribution in [0.25, 0.3) is 11.2 Å². The Kier molecular flexibility index (Phi) is 5.51. The lowest BCUT2D eigenvalue weighted by molar-refractivity contribution is -0.172. The van der Waals surface area contributed by atoms with Gasteiger partial charge in [0.1, 0.15) is 17.6 Å². The number of halogens is 2. The monoisotopic (exact) mass is 609 g/mol. The van der Waals surface area contributed by atoms with Crippen LogP contribution in [-0.2, 0) is 25.5 Å². The number of carbonyl (C=O) groups excluding carboxylic acids is 1. The average molecular weight is 610 g/mol. The Morgan fingerprint density at radius 2 is 2.17 bits per heavy atom. The first kappa shape index (κ1) is 23.4. The molecule has 3 fully saturated rings. The molecule has 2 aromatic heterocycles. The number of anilines is 1. The zero-order chi connectivity index (χ0) is 24.5. The molecule has 5 atom stereocenters. The predicted molar refractivity (Wildman–Crippen MR) is 137 cm³/mol. The maximum atomic E-state index is 13.1. The van der Waals surface area contributed by atoms with Crippen molar-refractivity contribution >= 4 is 57.1 Å². The minimum atomic E-state index is -0.788. The second kappa shape index (κ2) is 8.25. The van der Waals surface area contributed by atoms with Crippen molar-refractivity contribution in [2.75, 3.05) is 11.9 Å². The van der Waals surface area contributed by atoms with E-state index in [1.807, 2.05) is 49.6 Å². The molecule has 0 radical (unpaired) electrons. The highest BCUT2D eigenvalue weighted by atomic mass is 127. The van der Waals surface area contributed by atoms with E-state index in [4.69, 9.17) is 30.8 Å². The first-order valence-electron chi connectivity index (χ1n) is 11.6. The third kappa shape index (κ3) is 3.71. The number of imidazole rings is 1. The zero-order valence-corrected chi connectivity index (χ0v) is 22.4. The molecule has 2 saturated carbocycles. The van der Waals surface area contributed by atoms with Gasteiger partial charge in [0.2, 0.25) is 0 Å². The molecule has 3 aromatic rings. The molecular formula is C24H25ClIN5O4. The van der Waals surface area contributed by atoms with Crippen LogP contribution < -0.4 is 5.32 Å². The van der Waals surface area contributed by atoms with Gasteiger partial charge in [-0.25, -0.2) is 15.0 Å². The maximum absolute atomic E-state index is 13.1. The number of carbonyl (C=O) groups is 1. The summed E-state index contributed by atoms with van der Waals surface area (Å²) >= 11 is 8.25. The molecule has 184 valence electrons. The molecule has 0 spiro atoms. The number of esters is 1. The summed E-state index contributed by atoms with van der Waals surface area (Å²) in [4.78, 5) is 27.0. The molecular weight excluding hydrogens is 585 g/mol. The van der Waals surface area contributed by atoms with Crippen molar-refractivity contribution < 1.29 is 19.0 Å². The van der Waals surface area contributed by atoms with Gasteiger partial charge in [-0.3, -0.25) is 4.79 Å². The zero-order valence-electron chi connectivity index (χ0n) is 19.5. The SMILES string of the molecule is CCOC(=O)[C@]12C[C@H]1[C@H](n1cnc3c(NCc4cccc(Cl)c4)nc(I)nc31)[C@H]1OC(C)(C)O[C@H]12. The van der Waals surface area contributed by atoms with E-state index >= 15 is 0 Å². The summed E-state index contributed by atoms with van der Waals surface area (Å²) in [6.07, 6.45) is 1.79. The van der Waals surface area contributed by atoms with Gasteiger partial charge in [-0.15, -0.1) is 0 Å². The fourth-order valence-corrected chi connectivity index (χ4v) is 6.44. The number of rotatable bonds is 6. The Bertz CT molecular complexity index is 1330. The average Bonchev–Trinajstić information content (AvgIpc) is 3.13. The molecule has 3 heterocycles. The van der Waals surface area contributed by atoms with Gasteiger partial charge in [-0.05, 0) is 44.9 Å². The molecule has 3 aliphatic rings. The van der Waals surface area contributed by atoms with E-state index in [0.717, 1.165) is 5.56 Å². The van der Waals surface area contributed by atoms with Crippen molar-refractivity contribution in [2.24, 2.45) is 11.3 Å². The Balaban J connectivity index is 1.36. The molecule has 0 unspecified atom stereocenters. The first-order valence-corrected chi connectivity index (χ1v) is 13.1. The number of aromatic nitrogens is 4. The molecule has 0 amide bonds. The maximum Gasteiger partial charge on any atom is 0.315 e. The van der Waals surface area contributed by atoms with Crippen molar-refractivity contribution in [3.63, 3.8) is 0 Å². The summed E-state index contributed by atoms with van der Waals surface area (Å²) < 4.78 is 20.7. The second-order valence-electron chi connectivity index (χ2n) is 9.73. The Hall–Kier alpha value is -2.02. The van der Waals surface area contributed by atoms with Gasteiger partial charge < -0.3 is 24.1 Å². The van der Waals surface area contributed by atoms with E-state index < -0.39 is 11.2 Å². The number of nitrogens with one attached hydrogen (secondary N) is 1. The number of hydrogen-bond acceptors (Lipinski definition) is 8. The molecule has 1 aliphatic heterocycles. The summed E-state index contributed by atoms with van der Waals surface area (Å²) in [6, 6.07) is 7.53. The van der Waals surface area contributed by atoms with E-state index in [1.165, 1.54) is 0 Å². The fourth-order valence-electron chi connectivity index (χ4n) is 5.76. The number of ether oxygens (including phenoxy) is 3. The molecule has 0 bridgehead atoms. The van der Waals surface area contributed by atoms with Gasteiger partial charge in [-0.2, -0.15) is 0 Å². The topological polar surface area (TPSA) is 100 Å². The fraction of sp³-hybridized carbons (Fsp3) is 0.500. The van der Waals surface area contributed by atoms with Gasteiger partial charge in [0.15, 0.2) is 26.6 Å². The lowest BCUT2D eigenvalue weighted by atomic mass is 9.99. The quantitative estimate of drug-likeness (QED) is 0.250. The number of benzene rings is 1. The van der Waals surface area contributed by atoms with Gasteiger partial charge >= 0.3 is 5.97 Å². The lowest BCUT2D eigenvalue weighted by Crippen LogP contribution is -2.36. The summed E-state index contributed by atoms with van der Waals surface area (Å²) in [6.45, 7) is 6.47. The van der Waals surface area contributed by atoms with Crippen LogP contribution in [0.2, 0.25) is 5.02 Å². The van der Waals surface area contributed by atoms with Crippen molar-refractivity contribution in [1.82, 2.24) is 19.5 Å². The van der Waals surface area contributed by atoms with Crippen molar-refractivity contribution in [3.05, 3.63) is 45.0 Å². The number of hydrogen-bond donors (Lipinski definition) is 1. The second-order valence-corrected chi connectivity index (χ2v) is 11.1. The van der Waals surface area contributed by atoms with Gasteiger partial charge in [0.05, 0.1) is 19.0 Å². The van der Waals surface area contributed by atoms with E-state index in [-0.39, 0.29) is 30.1 Å². The van der Waals surface area contributed by atoms with E-state index in [9.17, 15) is 4.79 Å². The van der Waals surface area contributed by atoms with Gasteiger partial charge in [0.25, 0.3) is 0 Å². The molecule has 2 aliphatic carbocycles. The van der Waals surface area contributed by atoms with Gasteiger partial charge in [-0.1, -0.05) is 23.7 Å². The predicted octanol–water partition coefficient (Wildman–Crippen LogP) is 4.34. The van der Waals surface area contributed by atoms with Crippen LogP contribution in [0.4, 0.5) is 5.82 Å². The summed E-state index contributed by atoms with van der Waals surface area (Å²) in [7, 11) is 0. The highest BCUT2D eigenvalue weighted by Crippen LogP contribution is 2.72. The molecule has 9 nitrogen and oxygen atoms in total. The normalized spacial score (nSPS) is 30.2. The highest BCUT2D eigenvalue weighted by Gasteiger charge is 2.80. The van der Waals surface area contributed by atoms with Crippen LogP contribution in [0.5, 0.6) is 0 Å². The molecule has 6 rings (SSSR count). The highest BCUT2D eigenvalue weighted by molar-refractivity contribution is 14.1. The third-order valence-electron chi connectivity index (χ3n) is 7.16. The Morgan fingerprint density at radius 3 is 2.94 bits per heavy atom. The van der Waals surface area contributed by atoms with Crippen LogP contribution in [0.15, 0.2) is 30.6 Å². The molecule has 1 N–H and O–H groups in total. The van der Waals surface area contributed by atoms with Crippen molar-refractivity contribution in [2.45, 2.75) is 57.8 Å². The minimum Gasteiger partial charge on any atom is -0.465 e. The van der Waals surface area contributed by atoms with E-state index in [0.29, 0.717) is 45.4 Å². The summed E-state index contributed by atoms with van der Waals surface area (Å²) in [5.74, 6) is -0.324. The third-order valence-corrected chi connectivity index (χ3v) is 7.88. The smallest absolute Gasteiger partial charge is 0.315 e.